The van der Waals surface area contributed by atoms with Gasteiger partial charge in [0.05, 0.1) is 18.4 Å². The molecule has 21 heavy (non-hydrogen) atoms. The average Bonchev–Trinajstić information content (AvgIpc) is 2.89. The van der Waals surface area contributed by atoms with Crippen molar-refractivity contribution in [2.24, 2.45) is 0 Å². The van der Waals surface area contributed by atoms with Crippen molar-refractivity contribution < 1.29 is 17.9 Å². The molecule has 0 aliphatic rings. The van der Waals surface area contributed by atoms with Crippen molar-refractivity contribution in [3.63, 3.8) is 0 Å². The van der Waals surface area contributed by atoms with Gasteiger partial charge in [0, 0.05) is 10.4 Å². The van der Waals surface area contributed by atoms with E-state index in [1.165, 1.54) is 30.6 Å². The molecule has 0 aliphatic heterocycles. The molecule has 0 amide bonds. The van der Waals surface area contributed by atoms with E-state index in [-0.39, 0.29) is 0 Å². The minimum atomic E-state index is -4.35. The first-order valence-electron chi connectivity index (χ1n) is 6.64. The van der Waals surface area contributed by atoms with Crippen LogP contribution in [0.4, 0.5) is 13.2 Å². The molecule has 0 saturated heterocycles. The molecule has 0 atom stereocenters. The maximum absolute atomic E-state index is 13.1. The SMILES string of the molecule is CCc1ccc(-c2nc(OC)sc2CC)cc1C(F)(F)F. The molecule has 6 heteroatoms. The smallest absolute Gasteiger partial charge is 0.416 e. The second kappa shape index (κ2) is 6.05. The van der Waals surface area contributed by atoms with Crippen molar-refractivity contribution in [1.29, 1.82) is 0 Å². The lowest BCUT2D eigenvalue weighted by molar-refractivity contribution is -0.138. The molecule has 0 bridgehead atoms. The standard InChI is InChI=1S/C15H16F3NOS/c1-4-9-6-7-10(8-11(9)15(16,17)18)13-12(5-2)21-14(19-13)20-3/h6-8H,4-5H2,1-3H3. The first-order chi connectivity index (χ1) is 9.90. The number of aryl methyl sites for hydroxylation is 2. The quantitative estimate of drug-likeness (QED) is 0.795. The molecule has 2 aromatic rings. The van der Waals surface area contributed by atoms with Crippen molar-refractivity contribution in [1.82, 2.24) is 4.98 Å². The van der Waals surface area contributed by atoms with Crippen LogP contribution in [0.5, 0.6) is 5.19 Å². The molecule has 0 aliphatic carbocycles. The molecule has 0 spiro atoms. The predicted octanol–water partition coefficient (Wildman–Crippen LogP) is 4.96. The third-order valence-electron chi connectivity index (χ3n) is 3.24. The molecule has 0 unspecified atom stereocenters. The highest BCUT2D eigenvalue weighted by atomic mass is 32.1. The molecule has 1 aromatic heterocycles. The fraction of sp³-hybridized carbons (Fsp3) is 0.400. The zero-order valence-corrected chi connectivity index (χ0v) is 12.9. The van der Waals surface area contributed by atoms with Gasteiger partial charge in [0.15, 0.2) is 0 Å². The average molecular weight is 315 g/mol. The van der Waals surface area contributed by atoms with Gasteiger partial charge in [-0.05, 0) is 24.5 Å². The van der Waals surface area contributed by atoms with Crippen LogP contribution in [0.2, 0.25) is 0 Å². The van der Waals surface area contributed by atoms with E-state index in [0.717, 1.165) is 4.88 Å². The van der Waals surface area contributed by atoms with Crippen molar-refractivity contribution >= 4 is 11.3 Å². The fourth-order valence-electron chi connectivity index (χ4n) is 2.18. The highest BCUT2D eigenvalue weighted by Gasteiger charge is 2.33. The Balaban J connectivity index is 2.57. The van der Waals surface area contributed by atoms with Gasteiger partial charge < -0.3 is 4.74 Å². The topological polar surface area (TPSA) is 22.1 Å². The number of rotatable bonds is 4. The second-order valence-electron chi connectivity index (χ2n) is 4.53. The Bertz CT molecular complexity index is 634. The largest absolute Gasteiger partial charge is 0.473 e. The van der Waals surface area contributed by atoms with Crippen LogP contribution in [0.15, 0.2) is 18.2 Å². The predicted molar refractivity (Wildman–Crippen MR) is 77.9 cm³/mol. The first kappa shape index (κ1) is 15.8. The highest BCUT2D eigenvalue weighted by molar-refractivity contribution is 7.13. The molecular formula is C15H16F3NOS. The van der Waals surface area contributed by atoms with Gasteiger partial charge in [-0.2, -0.15) is 13.2 Å². The Labute approximate surface area is 125 Å². The molecule has 0 radical (unpaired) electrons. The number of hydrogen-bond donors (Lipinski definition) is 0. The van der Waals surface area contributed by atoms with Gasteiger partial charge in [-0.3, -0.25) is 0 Å². The summed E-state index contributed by atoms with van der Waals surface area (Å²) in [6.45, 7) is 3.66. The van der Waals surface area contributed by atoms with Crippen LogP contribution in [0, 0.1) is 0 Å². The summed E-state index contributed by atoms with van der Waals surface area (Å²) in [5.74, 6) is 0. The van der Waals surface area contributed by atoms with Crippen LogP contribution in [-0.2, 0) is 19.0 Å². The van der Waals surface area contributed by atoms with E-state index in [0.29, 0.717) is 34.9 Å². The van der Waals surface area contributed by atoms with E-state index in [4.69, 9.17) is 4.74 Å². The summed E-state index contributed by atoms with van der Waals surface area (Å²) in [5, 5.41) is 0.468. The minimum absolute atomic E-state index is 0.298. The third-order valence-corrected chi connectivity index (χ3v) is 4.40. The van der Waals surface area contributed by atoms with Gasteiger partial charge >= 0.3 is 6.18 Å². The molecule has 114 valence electrons. The van der Waals surface area contributed by atoms with E-state index in [1.54, 1.807) is 13.0 Å². The highest BCUT2D eigenvalue weighted by Crippen LogP contribution is 2.38. The first-order valence-corrected chi connectivity index (χ1v) is 7.46. The maximum Gasteiger partial charge on any atom is 0.416 e. The number of alkyl halides is 3. The van der Waals surface area contributed by atoms with Gasteiger partial charge in [-0.15, -0.1) is 0 Å². The molecule has 0 saturated carbocycles. The van der Waals surface area contributed by atoms with Gasteiger partial charge in [-0.25, -0.2) is 4.98 Å². The molecule has 0 N–H and O–H groups in total. The van der Waals surface area contributed by atoms with Crippen LogP contribution in [0.3, 0.4) is 0 Å². The van der Waals surface area contributed by atoms with Crippen LogP contribution >= 0.6 is 11.3 Å². The number of hydrogen-bond acceptors (Lipinski definition) is 3. The van der Waals surface area contributed by atoms with Crippen molar-refractivity contribution in [3.05, 3.63) is 34.2 Å². The molecular weight excluding hydrogens is 299 g/mol. The molecule has 1 heterocycles. The number of nitrogens with zero attached hydrogens (tertiary/aromatic N) is 1. The van der Waals surface area contributed by atoms with Gasteiger partial charge in [0.1, 0.15) is 0 Å². The summed E-state index contributed by atoms with van der Waals surface area (Å²) in [6.07, 6.45) is -3.31. The number of thiazole rings is 1. The maximum atomic E-state index is 13.1. The number of methoxy groups -OCH3 is 1. The van der Waals surface area contributed by atoms with Crippen LogP contribution < -0.4 is 4.74 Å². The second-order valence-corrected chi connectivity index (χ2v) is 5.58. The number of halogens is 3. The molecule has 0 fully saturated rings. The fourth-order valence-corrected chi connectivity index (χ4v) is 3.01. The molecule has 2 rings (SSSR count). The van der Waals surface area contributed by atoms with Crippen LogP contribution in [0.25, 0.3) is 11.3 Å². The van der Waals surface area contributed by atoms with E-state index in [9.17, 15) is 13.2 Å². The van der Waals surface area contributed by atoms with Crippen LogP contribution in [-0.4, -0.2) is 12.1 Å². The molecule has 2 nitrogen and oxygen atoms in total. The van der Waals surface area contributed by atoms with E-state index >= 15 is 0 Å². The lowest BCUT2D eigenvalue weighted by atomic mass is 9.99. The molecule has 1 aromatic carbocycles. The zero-order chi connectivity index (χ0) is 15.6. The Morgan fingerprint density at radius 3 is 2.43 bits per heavy atom. The summed E-state index contributed by atoms with van der Waals surface area (Å²) in [5.41, 5.74) is 0.770. The van der Waals surface area contributed by atoms with E-state index in [2.05, 4.69) is 4.98 Å². The summed E-state index contributed by atoms with van der Waals surface area (Å²) in [6, 6.07) is 4.41. The monoisotopic (exact) mass is 315 g/mol. The number of aromatic nitrogens is 1. The number of benzene rings is 1. The van der Waals surface area contributed by atoms with Crippen molar-refractivity contribution in [2.75, 3.05) is 7.11 Å². The van der Waals surface area contributed by atoms with Gasteiger partial charge in [0.2, 0.25) is 0 Å². The lowest BCUT2D eigenvalue weighted by Gasteiger charge is -2.13. The summed E-state index contributed by atoms with van der Waals surface area (Å²) in [7, 11) is 1.50. The zero-order valence-electron chi connectivity index (χ0n) is 12.0. The van der Waals surface area contributed by atoms with Gasteiger partial charge in [0.25, 0.3) is 5.19 Å². The van der Waals surface area contributed by atoms with E-state index < -0.39 is 11.7 Å². The Hall–Kier alpha value is -1.56. The Kier molecular flexibility index (Phi) is 4.56. The summed E-state index contributed by atoms with van der Waals surface area (Å²) < 4.78 is 44.5. The van der Waals surface area contributed by atoms with E-state index in [1.807, 2.05) is 6.92 Å². The third kappa shape index (κ3) is 3.20. The summed E-state index contributed by atoms with van der Waals surface area (Å²) >= 11 is 1.36. The van der Waals surface area contributed by atoms with Crippen molar-refractivity contribution in [2.45, 2.75) is 32.9 Å². The van der Waals surface area contributed by atoms with Crippen LogP contribution in [0.1, 0.15) is 29.9 Å². The lowest BCUT2D eigenvalue weighted by Crippen LogP contribution is -2.09. The normalized spacial score (nSPS) is 11.7. The Morgan fingerprint density at radius 1 is 1.19 bits per heavy atom. The van der Waals surface area contributed by atoms with Crippen molar-refractivity contribution in [3.8, 4) is 16.5 Å². The summed E-state index contributed by atoms with van der Waals surface area (Å²) in [4.78, 5) is 5.20. The minimum Gasteiger partial charge on any atom is -0.473 e. The number of ether oxygens (including phenoxy) is 1. The van der Waals surface area contributed by atoms with Gasteiger partial charge in [-0.1, -0.05) is 37.3 Å². The Morgan fingerprint density at radius 2 is 1.90 bits per heavy atom.